The lowest BCUT2D eigenvalue weighted by Gasteiger charge is -2.27. The predicted octanol–water partition coefficient (Wildman–Crippen LogP) is 1.36. The van der Waals surface area contributed by atoms with Crippen molar-refractivity contribution in [2.45, 2.75) is 83.5 Å². The largest absolute Gasteiger partial charge is 0.393 e. The molecule has 7 nitrogen and oxygen atoms in total. The molecule has 1 saturated carbocycles. The molecular formula is C17H30N6O. The zero-order chi connectivity index (χ0) is 16.8. The summed E-state index contributed by atoms with van der Waals surface area (Å²) in [6, 6.07) is 0.390. The molecular weight excluding hydrogens is 304 g/mol. The molecule has 0 aromatic carbocycles. The minimum Gasteiger partial charge on any atom is -0.393 e. The third-order valence-corrected chi connectivity index (χ3v) is 4.95. The Kier molecular flexibility index (Phi) is 6.07. The van der Waals surface area contributed by atoms with E-state index in [1.807, 2.05) is 0 Å². The lowest BCUT2D eigenvalue weighted by Crippen LogP contribution is -2.45. The number of guanidine groups is 1. The topological polar surface area (TPSA) is 87.4 Å². The monoisotopic (exact) mass is 334 g/mol. The highest BCUT2D eigenvalue weighted by Gasteiger charge is 2.20. The van der Waals surface area contributed by atoms with E-state index in [2.05, 4.69) is 32.3 Å². The van der Waals surface area contributed by atoms with Gasteiger partial charge in [0.1, 0.15) is 12.4 Å². The van der Waals surface area contributed by atoms with Gasteiger partial charge in [-0.3, -0.25) is 0 Å². The van der Waals surface area contributed by atoms with Crippen molar-refractivity contribution >= 4 is 5.96 Å². The quantitative estimate of drug-likeness (QED) is 0.572. The van der Waals surface area contributed by atoms with Gasteiger partial charge in [-0.25, -0.2) is 4.99 Å². The summed E-state index contributed by atoms with van der Waals surface area (Å²) in [5.74, 6) is 2.91. The number of aliphatic hydroxyl groups is 1. The van der Waals surface area contributed by atoms with Crippen LogP contribution in [0.25, 0.3) is 0 Å². The molecule has 0 unspecified atom stereocenters. The van der Waals surface area contributed by atoms with Crippen molar-refractivity contribution in [2.75, 3.05) is 6.54 Å². The fourth-order valence-electron chi connectivity index (χ4n) is 3.55. The number of nitrogens with zero attached hydrogens (tertiary/aromatic N) is 4. The van der Waals surface area contributed by atoms with Gasteiger partial charge in [0.25, 0.3) is 0 Å². The third-order valence-electron chi connectivity index (χ3n) is 4.95. The number of nitrogens with one attached hydrogen (secondary N) is 2. The lowest BCUT2D eigenvalue weighted by atomic mass is 9.93. The molecule has 0 spiro atoms. The molecule has 0 amide bonds. The van der Waals surface area contributed by atoms with Crippen LogP contribution in [0.3, 0.4) is 0 Å². The molecule has 134 valence electrons. The summed E-state index contributed by atoms with van der Waals surface area (Å²) in [6.07, 6.45) is 8.29. The minimum absolute atomic E-state index is 0.131. The van der Waals surface area contributed by atoms with Crippen LogP contribution in [0.1, 0.15) is 63.5 Å². The van der Waals surface area contributed by atoms with Gasteiger partial charge in [-0.2, -0.15) is 0 Å². The van der Waals surface area contributed by atoms with E-state index in [-0.39, 0.29) is 6.10 Å². The van der Waals surface area contributed by atoms with E-state index in [9.17, 15) is 5.11 Å². The first-order valence-corrected chi connectivity index (χ1v) is 9.40. The highest BCUT2D eigenvalue weighted by Crippen LogP contribution is 2.18. The number of hydrogen-bond donors (Lipinski definition) is 3. The van der Waals surface area contributed by atoms with E-state index >= 15 is 0 Å². The normalized spacial score (nSPS) is 25.0. The van der Waals surface area contributed by atoms with Crippen molar-refractivity contribution in [3.8, 4) is 0 Å². The van der Waals surface area contributed by atoms with Crippen molar-refractivity contribution in [3.05, 3.63) is 11.6 Å². The lowest BCUT2D eigenvalue weighted by molar-refractivity contribution is 0.120. The van der Waals surface area contributed by atoms with E-state index in [1.54, 1.807) is 0 Å². The maximum Gasteiger partial charge on any atom is 0.191 e. The third kappa shape index (κ3) is 4.47. The van der Waals surface area contributed by atoms with Gasteiger partial charge in [-0.1, -0.05) is 6.42 Å². The molecule has 0 atom stereocenters. The van der Waals surface area contributed by atoms with Crippen LogP contribution in [0.15, 0.2) is 4.99 Å². The summed E-state index contributed by atoms with van der Waals surface area (Å²) in [4.78, 5) is 4.72. The molecule has 2 aliphatic rings. The molecule has 24 heavy (non-hydrogen) atoms. The number of hydrogen-bond acceptors (Lipinski definition) is 4. The maximum atomic E-state index is 9.64. The summed E-state index contributed by atoms with van der Waals surface area (Å²) in [6.45, 7) is 4.47. The van der Waals surface area contributed by atoms with Crippen LogP contribution in [-0.4, -0.2) is 44.5 Å². The summed E-state index contributed by atoms with van der Waals surface area (Å²) in [5.41, 5.74) is 0. The second-order valence-corrected chi connectivity index (χ2v) is 6.84. The van der Waals surface area contributed by atoms with Gasteiger partial charge in [-0.05, 0) is 45.4 Å². The highest BCUT2D eigenvalue weighted by atomic mass is 16.3. The van der Waals surface area contributed by atoms with Crippen molar-refractivity contribution in [1.29, 1.82) is 0 Å². The fraction of sp³-hybridized carbons (Fsp3) is 0.824. The Bertz CT molecular complexity index is 547. The molecule has 1 aromatic heterocycles. The van der Waals surface area contributed by atoms with Gasteiger partial charge in [0.05, 0.1) is 6.10 Å². The van der Waals surface area contributed by atoms with Crippen LogP contribution in [0, 0.1) is 0 Å². The van der Waals surface area contributed by atoms with Crippen LogP contribution >= 0.6 is 0 Å². The van der Waals surface area contributed by atoms with Crippen molar-refractivity contribution in [1.82, 2.24) is 25.4 Å². The fourth-order valence-corrected chi connectivity index (χ4v) is 3.55. The van der Waals surface area contributed by atoms with Gasteiger partial charge in [-0.15, -0.1) is 10.2 Å². The zero-order valence-corrected chi connectivity index (χ0v) is 14.7. The van der Waals surface area contributed by atoms with Crippen LogP contribution < -0.4 is 10.6 Å². The molecule has 7 heteroatoms. The Morgan fingerprint density at radius 3 is 2.83 bits per heavy atom. The second kappa shape index (κ2) is 8.46. The number of aliphatic imine (C=N–C) groups is 1. The summed E-state index contributed by atoms with van der Waals surface area (Å²) in [7, 11) is 0. The Hall–Kier alpha value is -1.63. The van der Waals surface area contributed by atoms with Crippen LogP contribution in [0.4, 0.5) is 0 Å². The van der Waals surface area contributed by atoms with Crippen LogP contribution in [0.2, 0.25) is 0 Å². The maximum absolute atomic E-state index is 9.64. The Balaban J connectivity index is 1.62. The highest BCUT2D eigenvalue weighted by molar-refractivity contribution is 5.80. The van der Waals surface area contributed by atoms with E-state index in [4.69, 9.17) is 4.99 Å². The average Bonchev–Trinajstić information content (AvgIpc) is 2.81. The van der Waals surface area contributed by atoms with Gasteiger partial charge < -0.3 is 20.3 Å². The van der Waals surface area contributed by atoms with E-state index in [0.717, 1.165) is 62.8 Å². The predicted molar refractivity (Wildman–Crippen MR) is 93.8 cm³/mol. The molecule has 3 N–H and O–H groups in total. The van der Waals surface area contributed by atoms with E-state index in [0.29, 0.717) is 12.6 Å². The molecule has 1 aliphatic carbocycles. The van der Waals surface area contributed by atoms with Crippen molar-refractivity contribution < 1.29 is 5.11 Å². The summed E-state index contributed by atoms with van der Waals surface area (Å²) >= 11 is 0. The van der Waals surface area contributed by atoms with Gasteiger partial charge in [0.2, 0.25) is 0 Å². The van der Waals surface area contributed by atoms with E-state index in [1.165, 1.54) is 19.3 Å². The minimum atomic E-state index is -0.131. The Labute approximate surface area is 144 Å². The van der Waals surface area contributed by atoms with Gasteiger partial charge in [0.15, 0.2) is 11.8 Å². The van der Waals surface area contributed by atoms with Crippen molar-refractivity contribution in [2.24, 2.45) is 4.99 Å². The van der Waals surface area contributed by atoms with Gasteiger partial charge in [0, 0.05) is 25.6 Å². The Morgan fingerprint density at radius 2 is 2.04 bits per heavy atom. The molecule has 0 bridgehead atoms. The smallest absolute Gasteiger partial charge is 0.191 e. The number of aryl methyl sites for hydroxylation is 1. The Morgan fingerprint density at radius 1 is 1.21 bits per heavy atom. The van der Waals surface area contributed by atoms with Gasteiger partial charge >= 0.3 is 0 Å². The van der Waals surface area contributed by atoms with Crippen LogP contribution in [0.5, 0.6) is 0 Å². The molecule has 2 heterocycles. The first-order valence-electron chi connectivity index (χ1n) is 9.40. The number of fused-ring (bicyclic) bond motifs is 1. The zero-order valence-electron chi connectivity index (χ0n) is 14.7. The first kappa shape index (κ1) is 17.2. The molecule has 3 rings (SSSR count). The number of rotatable bonds is 4. The standard InChI is InChI=1S/C17H30N6O/c1-2-18-17(20-13-7-9-14(24)10-8-13)19-12-16-22-21-15-6-4-3-5-11-23(15)16/h13-14,24H,2-12H2,1H3,(H2,18,19,20). The number of aromatic nitrogens is 3. The van der Waals surface area contributed by atoms with E-state index < -0.39 is 0 Å². The van der Waals surface area contributed by atoms with Crippen LogP contribution in [-0.2, 0) is 19.5 Å². The first-order chi connectivity index (χ1) is 11.8. The second-order valence-electron chi connectivity index (χ2n) is 6.84. The average molecular weight is 334 g/mol. The molecule has 1 fully saturated rings. The summed E-state index contributed by atoms with van der Waals surface area (Å²) in [5, 5.41) is 25.1. The molecule has 0 radical (unpaired) electrons. The summed E-state index contributed by atoms with van der Waals surface area (Å²) < 4.78 is 2.25. The molecule has 0 saturated heterocycles. The molecule has 1 aromatic rings. The van der Waals surface area contributed by atoms with Crippen molar-refractivity contribution in [3.63, 3.8) is 0 Å². The SMILES string of the molecule is CCNC(=NCc1nnc2n1CCCCC2)NC1CCC(O)CC1. The number of aliphatic hydroxyl groups excluding tert-OH is 1. The molecule has 1 aliphatic heterocycles.